The first-order chi connectivity index (χ1) is 9.56. The van der Waals surface area contributed by atoms with Crippen molar-refractivity contribution in [3.8, 4) is 0 Å². The maximum Gasteiger partial charge on any atom is 0.262 e. The van der Waals surface area contributed by atoms with Gasteiger partial charge in [-0.1, -0.05) is 34.9 Å². The first-order valence-corrected chi connectivity index (χ1v) is 5.98. The van der Waals surface area contributed by atoms with Crippen LogP contribution in [-0.4, -0.2) is 31.8 Å². The number of hydrazone groups is 1. The monoisotopic (exact) mass is 273 g/mol. The number of benzene rings is 1. The van der Waals surface area contributed by atoms with Crippen LogP contribution in [0.3, 0.4) is 0 Å². The molecule has 0 unspecified atom stereocenters. The summed E-state index contributed by atoms with van der Waals surface area (Å²) in [6, 6.07) is 7.86. The van der Waals surface area contributed by atoms with Crippen molar-refractivity contribution in [3.05, 3.63) is 35.4 Å². The van der Waals surface area contributed by atoms with Crippen molar-refractivity contribution in [1.29, 1.82) is 0 Å². The highest BCUT2D eigenvalue weighted by Crippen LogP contribution is 2.04. The number of tetrazole rings is 1. The van der Waals surface area contributed by atoms with Gasteiger partial charge in [0.1, 0.15) is 6.54 Å². The van der Waals surface area contributed by atoms with Crippen LogP contribution in [0.4, 0.5) is 5.95 Å². The van der Waals surface area contributed by atoms with Crippen molar-refractivity contribution >= 4 is 17.6 Å². The molecule has 1 amide bonds. The molecule has 0 saturated heterocycles. The van der Waals surface area contributed by atoms with Crippen molar-refractivity contribution in [2.45, 2.75) is 20.4 Å². The Hall–Kier alpha value is -2.77. The fraction of sp³-hybridized carbons (Fsp3) is 0.250. The molecule has 8 nitrogen and oxygen atoms in total. The minimum Gasteiger partial charge on any atom is -0.367 e. The SMILES string of the molecule is C/C(=N/NC(=O)Cn1nnnc1N)c1ccc(C)cc1. The Morgan fingerprint density at radius 1 is 1.40 bits per heavy atom. The van der Waals surface area contributed by atoms with Crippen LogP contribution in [0.2, 0.25) is 0 Å². The van der Waals surface area contributed by atoms with E-state index in [2.05, 4.69) is 26.1 Å². The van der Waals surface area contributed by atoms with Crippen molar-refractivity contribution in [3.63, 3.8) is 0 Å². The van der Waals surface area contributed by atoms with E-state index in [1.54, 1.807) is 0 Å². The molecule has 1 heterocycles. The van der Waals surface area contributed by atoms with Gasteiger partial charge in [-0.3, -0.25) is 4.79 Å². The molecule has 0 radical (unpaired) electrons. The number of nitrogens with two attached hydrogens (primary N) is 1. The number of nitrogens with one attached hydrogen (secondary N) is 1. The van der Waals surface area contributed by atoms with Gasteiger partial charge in [-0.2, -0.15) is 5.10 Å². The molecule has 1 aromatic carbocycles. The molecule has 3 N–H and O–H groups in total. The van der Waals surface area contributed by atoms with Crippen LogP contribution < -0.4 is 11.2 Å². The highest BCUT2D eigenvalue weighted by molar-refractivity contribution is 5.99. The zero-order valence-electron chi connectivity index (χ0n) is 11.2. The van der Waals surface area contributed by atoms with Gasteiger partial charge in [0.15, 0.2) is 0 Å². The Kier molecular flexibility index (Phi) is 4.04. The van der Waals surface area contributed by atoms with Gasteiger partial charge in [0.25, 0.3) is 5.91 Å². The van der Waals surface area contributed by atoms with E-state index in [0.29, 0.717) is 5.71 Å². The van der Waals surface area contributed by atoms with E-state index in [4.69, 9.17) is 5.73 Å². The van der Waals surface area contributed by atoms with Gasteiger partial charge >= 0.3 is 0 Å². The summed E-state index contributed by atoms with van der Waals surface area (Å²) < 4.78 is 1.19. The molecule has 0 fully saturated rings. The number of aromatic nitrogens is 4. The molecule has 0 saturated carbocycles. The second kappa shape index (κ2) is 5.91. The van der Waals surface area contributed by atoms with Gasteiger partial charge in [-0.25, -0.2) is 10.1 Å². The maximum atomic E-state index is 11.7. The summed E-state index contributed by atoms with van der Waals surface area (Å²) in [7, 11) is 0. The molecule has 0 atom stereocenters. The van der Waals surface area contributed by atoms with E-state index in [-0.39, 0.29) is 18.4 Å². The van der Waals surface area contributed by atoms with Crippen molar-refractivity contribution in [2.24, 2.45) is 5.10 Å². The molecule has 0 aliphatic heterocycles. The molecule has 2 rings (SSSR count). The predicted molar refractivity (Wildman–Crippen MR) is 73.8 cm³/mol. The summed E-state index contributed by atoms with van der Waals surface area (Å²) in [5.74, 6) is -0.269. The average Bonchev–Trinajstić information content (AvgIpc) is 2.82. The standard InChI is InChI=1S/C12H15N7O/c1-8-3-5-10(6-4-8)9(2)14-15-11(20)7-19-12(13)16-17-18-19/h3-6H,7H2,1-2H3,(H,15,20)(H2,13,16,18)/b14-9-. The van der Waals surface area contributed by atoms with Gasteiger partial charge < -0.3 is 5.73 Å². The van der Waals surface area contributed by atoms with E-state index in [9.17, 15) is 4.79 Å². The molecule has 20 heavy (non-hydrogen) atoms. The number of amides is 1. The third kappa shape index (κ3) is 3.37. The third-order valence-electron chi connectivity index (χ3n) is 2.67. The number of carbonyl (C=O) groups excluding carboxylic acids is 1. The number of carbonyl (C=O) groups is 1. The van der Waals surface area contributed by atoms with Gasteiger partial charge in [0, 0.05) is 0 Å². The van der Waals surface area contributed by atoms with E-state index >= 15 is 0 Å². The lowest BCUT2D eigenvalue weighted by molar-refractivity contribution is -0.121. The second-order valence-electron chi connectivity index (χ2n) is 4.29. The molecule has 1 aromatic heterocycles. The lowest BCUT2D eigenvalue weighted by Crippen LogP contribution is -2.25. The van der Waals surface area contributed by atoms with Crippen molar-refractivity contribution < 1.29 is 4.79 Å². The van der Waals surface area contributed by atoms with Crippen LogP contribution in [0.15, 0.2) is 29.4 Å². The van der Waals surface area contributed by atoms with E-state index in [1.165, 1.54) is 10.2 Å². The zero-order chi connectivity index (χ0) is 14.5. The summed E-state index contributed by atoms with van der Waals surface area (Å²) in [5.41, 5.74) is 10.7. The summed E-state index contributed by atoms with van der Waals surface area (Å²) in [4.78, 5) is 11.7. The Bertz CT molecular complexity index is 630. The second-order valence-corrected chi connectivity index (χ2v) is 4.29. The van der Waals surface area contributed by atoms with E-state index in [1.807, 2.05) is 38.1 Å². The first-order valence-electron chi connectivity index (χ1n) is 5.98. The van der Waals surface area contributed by atoms with Crippen LogP contribution in [-0.2, 0) is 11.3 Å². The molecule has 0 aliphatic carbocycles. The molecule has 2 aromatic rings. The highest BCUT2D eigenvalue weighted by atomic mass is 16.2. The smallest absolute Gasteiger partial charge is 0.262 e. The lowest BCUT2D eigenvalue weighted by Gasteiger charge is -2.03. The maximum absolute atomic E-state index is 11.7. The van der Waals surface area contributed by atoms with Crippen LogP contribution in [0.25, 0.3) is 0 Å². The van der Waals surface area contributed by atoms with E-state index in [0.717, 1.165) is 5.56 Å². The Morgan fingerprint density at radius 3 is 2.70 bits per heavy atom. The Balaban J connectivity index is 1.96. The number of hydrogen-bond donors (Lipinski definition) is 2. The van der Waals surface area contributed by atoms with Gasteiger partial charge in [-0.05, 0) is 29.8 Å². The molecular formula is C12H15N7O. The number of rotatable bonds is 4. The van der Waals surface area contributed by atoms with Crippen LogP contribution in [0.1, 0.15) is 18.1 Å². The number of hydrogen-bond acceptors (Lipinski definition) is 6. The number of nitrogens with zero attached hydrogens (tertiary/aromatic N) is 5. The van der Waals surface area contributed by atoms with Crippen LogP contribution in [0, 0.1) is 6.92 Å². The largest absolute Gasteiger partial charge is 0.367 e. The molecule has 0 spiro atoms. The number of anilines is 1. The van der Waals surface area contributed by atoms with Gasteiger partial charge in [0.05, 0.1) is 5.71 Å². The van der Waals surface area contributed by atoms with Gasteiger partial charge in [-0.15, -0.1) is 0 Å². The quantitative estimate of drug-likeness (QED) is 0.606. The number of aryl methyl sites for hydroxylation is 1. The summed E-state index contributed by atoms with van der Waals surface area (Å²) in [5, 5.41) is 14.4. The van der Waals surface area contributed by atoms with Crippen molar-refractivity contribution in [2.75, 3.05) is 5.73 Å². The van der Waals surface area contributed by atoms with Crippen LogP contribution in [0.5, 0.6) is 0 Å². The van der Waals surface area contributed by atoms with Crippen molar-refractivity contribution in [1.82, 2.24) is 25.6 Å². The fourth-order valence-electron chi connectivity index (χ4n) is 1.50. The third-order valence-corrected chi connectivity index (χ3v) is 2.67. The summed E-state index contributed by atoms with van der Waals surface area (Å²) in [6.45, 7) is 3.74. The van der Waals surface area contributed by atoms with Gasteiger partial charge in [0.2, 0.25) is 5.95 Å². The minimum absolute atomic E-state index is 0.0799. The van der Waals surface area contributed by atoms with E-state index < -0.39 is 0 Å². The Labute approximate surface area is 115 Å². The number of nitrogen functional groups attached to an aromatic ring is 1. The molecule has 8 heteroatoms. The average molecular weight is 273 g/mol. The Morgan fingerprint density at radius 2 is 2.10 bits per heavy atom. The topological polar surface area (TPSA) is 111 Å². The normalized spacial score (nSPS) is 11.4. The summed E-state index contributed by atoms with van der Waals surface area (Å²) in [6.07, 6.45) is 0. The lowest BCUT2D eigenvalue weighted by atomic mass is 10.1. The molecule has 0 bridgehead atoms. The zero-order valence-corrected chi connectivity index (χ0v) is 11.2. The van der Waals surface area contributed by atoms with Crippen LogP contribution >= 0.6 is 0 Å². The summed E-state index contributed by atoms with van der Waals surface area (Å²) >= 11 is 0. The first kappa shape index (κ1) is 13.7. The molecule has 0 aliphatic rings. The highest BCUT2D eigenvalue weighted by Gasteiger charge is 2.07. The molecular weight excluding hydrogens is 258 g/mol. The minimum atomic E-state index is -0.351. The fourth-order valence-corrected chi connectivity index (χ4v) is 1.50. The predicted octanol–water partition coefficient (Wildman–Crippen LogP) is 0.104. The molecule has 104 valence electrons.